The molecular formula is C15H12ClIO. The molecule has 0 aliphatic rings. The van der Waals surface area contributed by atoms with Gasteiger partial charge in [-0.1, -0.05) is 36.7 Å². The Morgan fingerprint density at radius 2 is 2.00 bits per heavy atom. The van der Waals surface area contributed by atoms with E-state index in [1.807, 2.05) is 30.3 Å². The molecule has 0 aliphatic heterocycles. The van der Waals surface area contributed by atoms with Crippen LogP contribution in [-0.2, 0) is 6.42 Å². The summed E-state index contributed by atoms with van der Waals surface area (Å²) in [6, 6.07) is 13.1. The molecule has 2 rings (SSSR count). The lowest BCUT2D eigenvalue weighted by atomic mass is 10.0. The molecule has 0 aliphatic carbocycles. The lowest BCUT2D eigenvalue weighted by molar-refractivity contribution is 0.103. The molecule has 0 fully saturated rings. The minimum absolute atomic E-state index is 0.0252. The zero-order chi connectivity index (χ0) is 13.1. The molecule has 0 N–H and O–H groups in total. The van der Waals surface area contributed by atoms with E-state index in [0.717, 1.165) is 21.1 Å². The van der Waals surface area contributed by atoms with Crippen molar-refractivity contribution in [2.24, 2.45) is 0 Å². The van der Waals surface area contributed by atoms with E-state index in [4.69, 9.17) is 11.6 Å². The largest absolute Gasteiger partial charge is 0.289 e. The number of aryl methyl sites for hydroxylation is 1. The Balaban J connectivity index is 2.44. The molecule has 0 amide bonds. The number of hydrogen-bond acceptors (Lipinski definition) is 1. The maximum absolute atomic E-state index is 12.4. The molecule has 0 heterocycles. The molecule has 2 aromatic carbocycles. The van der Waals surface area contributed by atoms with Crippen LogP contribution in [0.2, 0.25) is 5.02 Å². The third-order valence-electron chi connectivity index (χ3n) is 2.77. The second-order valence-corrected chi connectivity index (χ2v) is 5.61. The van der Waals surface area contributed by atoms with Gasteiger partial charge in [0.1, 0.15) is 0 Å². The zero-order valence-electron chi connectivity index (χ0n) is 9.91. The van der Waals surface area contributed by atoms with Crippen molar-refractivity contribution in [1.29, 1.82) is 0 Å². The van der Waals surface area contributed by atoms with E-state index < -0.39 is 0 Å². The van der Waals surface area contributed by atoms with Crippen molar-refractivity contribution < 1.29 is 4.79 Å². The Morgan fingerprint density at radius 1 is 1.22 bits per heavy atom. The standard InChI is InChI=1S/C15H12ClIO/c1-2-10-4-3-5-11(8-10)15(18)13-9-12(16)6-7-14(13)17/h3-9H,2H2,1H3. The summed E-state index contributed by atoms with van der Waals surface area (Å²) >= 11 is 8.11. The molecule has 0 radical (unpaired) electrons. The van der Waals surface area contributed by atoms with Crippen LogP contribution in [-0.4, -0.2) is 5.78 Å². The highest BCUT2D eigenvalue weighted by molar-refractivity contribution is 14.1. The van der Waals surface area contributed by atoms with Crippen molar-refractivity contribution in [3.05, 3.63) is 67.7 Å². The SMILES string of the molecule is CCc1cccc(C(=O)c2cc(Cl)ccc2I)c1. The average molecular weight is 371 g/mol. The third-order valence-corrected chi connectivity index (χ3v) is 3.95. The fourth-order valence-electron chi connectivity index (χ4n) is 1.76. The quantitative estimate of drug-likeness (QED) is 0.563. The number of carbonyl (C=O) groups excluding carboxylic acids is 1. The van der Waals surface area contributed by atoms with Gasteiger partial charge in [0.25, 0.3) is 0 Å². The van der Waals surface area contributed by atoms with Crippen molar-refractivity contribution in [1.82, 2.24) is 0 Å². The molecule has 0 aromatic heterocycles. The molecule has 92 valence electrons. The van der Waals surface area contributed by atoms with E-state index in [9.17, 15) is 4.79 Å². The van der Waals surface area contributed by atoms with E-state index in [-0.39, 0.29) is 5.78 Å². The summed E-state index contributed by atoms with van der Waals surface area (Å²) in [6.07, 6.45) is 0.924. The lowest BCUT2D eigenvalue weighted by Gasteiger charge is -2.06. The number of rotatable bonds is 3. The van der Waals surface area contributed by atoms with Crippen LogP contribution in [0.4, 0.5) is 0 Å². The average Bonchev–Trinajstić information content (AvgIpc) is 2.41. The van der Waals surface area contributed by atoms with Gasteiger partial charge in [-0.25, -0.2) is 0 Å². The maximum atomic E-state index is 12.4. The molecule has 0 saturated carbocycles. The van der Waals surface area contributed by atoms with Crippen LogP contribution in [0, 0.1) is 3.57 Å². The predicted molar refractivity (Wildman–Crippen MR) is 83.4 cm³/mol. The van der Waals surface area contributed by atoms with Gasteiger partial charge in [-0.15, -0.1) is 0 Å². The van der Waals surface area contributed by atoms with Gasteiger partial charge < -0.3 is 0 Å². The van der Waals surface area contributed by atoms with Crippen molar-refractivity contribution in [2.45, 2.75) is 13.3 Å². The van der Waals surface area contributed by atoms with Crippen LogP contribution < -0.4 is 0 Å². The molecule has 18 heavy (non-hydrogen) atoms. The fourth-order valence-corrected chi connectivity index (χ4v) is 2.51. The number of benzene rings is 2. The van der Waals surface area contributed by atoms with Crippen molar-refractivity contribution in [3.8, 4) is 0 Å². The first kappa shape index (κ1) is 13.6. The number of carbonyl (C=O) groups is 1. The Morgan fingerprint density at radius 3 is 2.72 bits per heavy atom. The topological polar surface area (TPSA) is 17.1 Å². The molecule has 1 nitrogen and oxygen atoms in total. The van der Waals surface area contributed by atoms with Crippen LogP contribution in [0.5, 0.6) is 0 Å². The lowest BCUT2D eigenvalue weighted by Crippen LogP contribution is -2.04. The summed E-state index contributed by atoms with van der Waals surface area (Å²) in [5.41, 5.74) is 2.55. The maximum Gasteiger partial charge on any atom is 0.194 e. The van der Waals surface area contributed by atoms with Gasteiger partial charge in [0.05, 0.1) is 0 Å². The second kappa shape index (κ2) is 5.85. The monoisotopic (exact) mass is 370 g/mol. The summed E-state index contributed by atoms with van der Waals surface area (Å²) in [5, 5.41) is 0.588. The van der Waals surface area contributed by atoms with Crippen molar-refractivity contribution >= 4 is 40.0 Å². The molecule has 0 spiro atoms. The Labute approximate surface area is 125 Å². The Kier molecular flexibility index (Phi) is 4.40. The highest BCUT2D eigenvalue weighted by Crippen LogP contribution is 2.21. The van der Waals surface area contributed by atoms with Crippen molar-refractivity contribution in [3.63, 3.8) is 0 Å². The van der Waals surface area contributed by atoms with E-state index in [0.29, 0.717) is 10.6 Å². The first-order chi connectivity index (χ1) is 8.61. The fraction of sp³-hybridized carbons (Fsp3) is 0.133. The van der Waals surface area contributed by atoms with Crippen LogP contribution >= 0.6 is 34.2 Å². The highest BCUT2D eigenvalue weighted by Gasteiger charge is 2.13. The van der Waals surface area contributed by atoms with Crippen LogP contribution in [0.15, 0.2) is 42.5 Å². The Bertz CT molecular complexity index is 593. The summed E-state index contributed by atoms with van der Waals surface area (Å²) in [6.45, 7) is 2.08. The van der Waals surface area contributed by atoms with Gasteiger partial charge in [0.15, 0.2) is 5.78 Å². The van der Waals surface area contributed by atoms with E-state index in [2.05, 4.69) is 29.5 Å². The van der Waals surface area contributed by atoms with Crippen molar-refractivity contribution in [2.75, 3.05) is 0 Å². The molecule has 0 saturated heterocycles. The summed E-state index contributed by atoms with van der Waals surface area (Å²) in [5.74, 6) is 0.0252. The summed E-state index contributed by atoms with van der Waals surface area (Å²) in [7, 11) is 0. The molecule has 0 unspecified atom stereocenters. The zero-order valence-corrected chi connectivity index (χ0v) is 12.8. The highest BCUT2D eigenvalue weighted by atomic mass is 127. The van der Waals surface area contributed by atoms with Crippen LogP contribution in [0.1, 0.15) is 28.4 Å². The molecule has 3 heteroatoms. The Hall–Kier alpha value is -0.870. The molecular weight excluding hydrogens is 359 g/mol. The predicted octanol–water partition coefficient (Wildman–Crippen LogP) is 4.74. The first-order valence-corrected chi connectivity index (χ1v) is 7.16. The van der Waals surface area contributed by atoms with Gasteiger partial charge in [0.2, 0.25) is 0 Å². The molecule has 0 atom stereocenters. The van der Waals surface area contributed by atoms with Gasteiger partial charge >= 0.3 is 0 Å². The number of hydrogen-bond donors (Lipinski definition) is 0. The molecule has 0 bridgehead atoms. The van der Waals surface area contributed by atoms with Gasteiger partial charge in [-0.2, -0.15) is 0 Å². The second-order valence-electron chi connectivity index (χ2n) is 4.01. The van der Waals surface area contributed by atoms with Gasteiger partial charge in [-0.3, -0.25) is 4.79 Å². The van der Waals surface area contributed by atoms with E-state index >= 15 is 0 Å². The van der Waals surface area contributed by atoms with Crippen LogP contribution in [0.25, 0.3) is 0 Å². The molecule has 2 aromatic rings. The van der Waals surface area contributed by atoms with Gasteiger partial charge in [0, 0.05) is 19.7 Å². The van der Waals surface area contributed by atoms with E-state index in [1.165, 1.54) is 0 Å². The summed E-state index contributed by atoms with van der Waals surface area (Å²) in [4.78, 5) is 12.4. The number of ketones is 1. The smallest absolute Gasteiger partial charge is 0.194 e. The number of halogens is 2. The normalized spacial score (nSPS) is 10.4. The van der Waals surface area contributed by atoms with Gasteiger partial charge in [-0.05, 0) is 58.8 Å². The summed E-state index contributed by atoms with van der Waals surface area (Å²) < 4.78 is 0.920. The van der Waals surface area contributed by atoms with Crippen LogP contribution in [0.3, 0.4) is 0 Å². The third kappa shape index (κ3) is 2.93. The minimum atomic E-state index is 0.0252. The minimum Gasteiger partial charge on any atom is -0.289 e. The first-order valence-electron chi connectivity index (χ1n) is 5.70. The van der Waals surface area contributed by atoms with E-state index in [1.54, 1.807) is 12.1 Å².